The number of halogens is 1. The fraction of sp³-hybridized carbons (Fsp3) is 0.154. The molecule has 1 aromatic heterocycles. The SMILES string of the molecule is Cc1cc(CS(=O)c2cccc(Br)c2)oc1C(=O)O. The molecule has 6 heteroatoms. The number of aryl methyl sites for hydroxylation is 1. The van der Waals surface area contributed by atoms with Crippen LogP contribution in [0, 0.1) is 6.92 Å². The van der Waals surface area contributed by atoms with E-state index < -0.39 is 16.8 Å². The monoisotopic (exact) mass is 342 g/mol. The number of hydrogen-bond donors (Lipinski definition) is 1. The maximum atomic E-state index is 12.1. The van der Waals surface area contributed by atoms with E-state index in [1.807, 2.05) is 6.07 Å². The number of benzene rings is 1. The van der Waals surface area contributed by atoms with Crippen LogP contribution in [0.2, 0.25) is 0 Å². The van der Waals surface area contributed by atoms with Crippen LogP contribution >= 0.6 is 15.9 Å². The number of aromatic carboxylic acids is 1. The van der Waals surface area contributed by atoms with E-state index in [0.29, 0.717) is 16.2 Å². The van der Waals surface area contributed by atoms with Gasteiger partial charge < -0.3 is 9.52 Å². The van der Waals surface area contributed by atoms with Crippen LogP contribution in [0.3, 0.4) is 0 Å². The second kappa shape index (κ2) is 5.71. The molecule has 0 aliphatic heterocycles. The van der Waals surface area contributed by atoms with Gasteiger partial charge in [-0.2, -0.15) is 0 Å². The maximum absolute atomic E-state index is 12.1. The van der Waals surface area contributed by atoms with Crippen LogP contribution in [0.25, 0.3) is 0 Å². The minimum atomic E-state index is -1.27. The third-order valence-corrected chi connectivity index (χ3v) is 4.32. The molecule has 1 aromatic carbocycles. The summed E-state index contributed by atoms with van der Waals surface area (Å²) in [5.74, 6) is -0.642. The van der Waals surface area contributed by atoms with E-state index >= 15 is 0 Å². The van der Waals surface area contributed by atoms with Crippen LogP contribution in [0.1, 0.15) is 21.9 Å². The first-order chi connectivity index (χ1) is 8.97. The molecule has 0 saturated heterocycles. The molecule has 0 aliphatic carbocycles. The molecule has 0 radical (unpaired) electrons. The quantitative estimate of drug-likeness (QED) is 0.924. The molecule has 1 heterocycles. The third-order valence-electron chi connectivity index (χ3n) is 2.50. The molecule has 0 spiro atoms. The largest absolute Gasteiger partial charge is 0.475 e. The molecule has 2 rings (SSSR count). The van der Waals surface area contributed by atoms with Crippen LogP contribution in [-0.4, -0.2) is 15.3 Å². The van der Waals surface area contributed by atoms with Gasteiger partial charge in [-0.25, -0.2) is 4.79 Å². The van der Waals surface area contributed by atoms with Crippen molar-refractivity contribution in [2.24, 2.45) is 0 Å². The van der Waals surface area contributed by atoms with Crippen molar-refractivity contribution in [2.75, 3.05) is 0 Å². The first kappa shape index (κ1) is 14.0. The molecule has 2 aromatic rings. The summed E-state index contributed by atoms with van der Waals surface area (Å²) in [4.78, 5) is 11.5. The molecule has 0 saturated carbocycles. The average molecular weight is 343 g/mol. The molecule has 19 heavy (non-hydrogen) atoms. The zero-order chi connectivity index (χ0) is 14.0. The predicted molar refractivity (Wildman–Crippen MR) is 74.7 cm³/mol. The van der Waals surface area contributed by atoms with Gasteiger partial charge >= 0.3 is 5.97 Å². The Labute approximate surface area is 121 Å². The van der Waals surface area contributed by atoms with Crippen LogP contribution < -0.4 is 0 Å². The summed E-state index contributed by atoms with van der Waals surface area (Å²) < 4.78 is 18.2. The first-order valence-corrected chi connectivity index (χ1v) is 7.55. The van der Waals surface area contributed by atoms with Crippen LogP contribution in [0.5, 0.6) is 0 Å². The van der Waals surface area contributed by atoms with Crippen molar-refractivity contribution in [2.45, 2.75) is 17.6 Å². The van der Waals surface area contributed by atoms with Crippen molar-refractivity contribution >= 4 is 32.7 Å². The van der Waals surface area contributed by atoms with E-state index in [9.17, 15) is 9.00 Å². The molecule has 0 aliphatic rings. The van der Waals surface area contributed by atoms with Gasteiger partial charge in [0.2, 0.25) is 5.76 Å². The average Bonchev–Trinajstić information content (AvgIpc) is 2.70. The Morgan fingerprint density at radius 2 is 2.16 bits per heavy atom. The topological polar surface area (TPSA) is 67.5 Å². The normalized spacial score (nSPS) is 12.3. The molecule has 1 atom stereocenters. The summed E-state index contributed by atoms with van der Waals surface area (Å²) in [5, 5.41) is 8.89. The van der Waals surface area contributed by atoms with Gasteiger partial charge in [-0.3, -0.25) is 4.21 Å². The van der Waals surface area contributed by atoms with Crippen molar-refractivity contribution < 1.29 is 18.5 Å². The Hall–Kier alpha value is -1.40. The minimum Gasteiger partial charge on any atom is -0.475 e. The lowest BCUT2D eigenvalue weighted by atomic mass is 10.3. The highest BCUT2D eigenvalue weighted by molar-refractivity contribution is 9.10. The van der Waals surface area contributed by atoms with E-state index in [-0.39, 0.29) is 11.5 Å². The summed E-state index contributed by atoms with van der Waals surface area (Å²) in [6, 6.07) is 8.78. The molecule has 1 N–H and O–H groups in total. The van der Waals surface area contributed by atoms with E-state index in [0.717, 1.165) is 4.47 Å². The van der Waals surface area contributed by atoms with Crippen molar-refractivity contribution in [3.05, 3.63) is 51.9 Å². The van der Waals surface area contributed by atoms with Crippen molar-refractivity contribution in [1.29, 1.82) is 0 Å². The van der Waals surface area contributed by atoms with E-state index in [4.69, 9.17) is 9.52 Å². The second-order valence-electron chi connectivity index (χ2n) is 3.98. The standard InChI is InChI=1S/C13H11BrO4S/c1-8-5-10(18-12(8)13(15)16)7-19(17)11-4-2-3-9(14)6-11/h2-6H,7H2,1H3,(H,15,16). The van der Waals surface area contributed by atoms with Gasteiger partial charge in [0.15, 0.2) is 0 Å². The minimum absolute atomic E-state index is 0.0961. The summed E-state index contributed by atoms with van der Waals surface area (Å²) in [6.07, 6.45) is 0. The van der Waals surface area contributed by atoms with Gasteiger partial charge in [-0.05, 0) is 31.2 Å². The molecule has 0 fully saturated rings. The molecular formula is C13H11BrO4S. The van der Waals surface area contributed by atoms with Gasteiger partial charge in [-0.1, -0.05) is 22.0 Å². The highest BCUT2D eigenvalue weighted by Crippen LogP contribution is 2.20. The Morgan fingerprint density at radius 1 is 1.42 bits per heavy atom. The number of hydrogen-bond acceptors (Lipinski definition) is 3. The van der Waals surface area contributed by atoms with Gasteiger partial charge in [0.25, 0.3) is 0 Å². The fourth-order valence-electron chi connectivity index (χ4n) is 1.65. The van der Waals surface area contributed by atoms with Crippen molar-refractivity contribution in [1.82, 2.24) is 0 Å². The molecular weight excluding hydrogens is 332 g/mol. The molecule has 0 bridgehead atoms. The predicted octanol–water partition coefficient (Wildman–Crippen LogP) is 3.36. The lowest BCUT2D eigenvalue weighted by Crippen LogP contribution is -1.96. The van der Waals surface area contributed by atoms with E-state index in [1.54, 1.807) is 31.2 Å². The number of carboxylic acids is 1. The smallest absolute Gasteiger partial charge is 0.372 e. The number of furan rings is 1. The van der Waals surface area contributed by atoms with Crippen LogP contribution in [0.4, 0.5) is 0 Å². The Kier molecular flexibility index (Phi) is 4.21. The number of rotatable bonds is 4. The highest BCUT2D eigenvalue weighted by Gasteiger charge is 2.16. The first-order valence-electron chi connectivity index (χ1n) is 5.44. The van der Waals surface area contributed by atoms with E-state index in [1.165, 1.54) is 0 Å². The maximum Gasteiger partial charge on any atom is 0.372 e. The van der Waals surface area contributed by atoms with Crippen molar-refractivity contribution in [3.8, 4) is 0 Å². The van der Waals surface area contributed by atoms with Crippen LogP contribution in [-0.2, 0) is 16.6 Å². The summed E-state index contributed by atoms with van der Waals surface area (Å²) in [5.41, 5.74) is 0.536. The zero-order valence-electron chi connectivity index (χ0n) is 10.1. The second-order valence-corrected chi connectivity index (χ2v) is 6.34. The summed E-state index contributed by atoms with van der Waals surface area (Å²) >= 11 is 3.32. The summed E-state index contributed by atoms with van der Waals surface area (Å²) in [7, 11) is -1.27. The van der Waals surface area contributed by atoms with Gasteiger partial charge in [0.1, 0.15) is 5.76 Å². The third kappa shape index (κ3) is 3.33. The Morgan fingerprint density at radius 3 is 2.74 bits per heavy atom. The Bertz CT molecular complexity index is 648. The molecule has 1 unspecified atom stereocenters. The summed E-state index contributed by atoms with van der Waals surface area (Å²) in [6.45, 7) is 1.65. The molecule has 0 amide bonds. The highest BCUT2D eigenvalue weighted by atomic mass is 79.9. The van der Waals surface area contributed by atoms with Crippen LogP contribution in [0.15, 0.2) is 44.1 Å². The lowest BCUT2D eigenvalue weighted by molar-refractivity contribution is 0.0659. The number of carboxylic acid groups (broad SMARTS) is 1. The zero-order valence-corrected chi connectivity index (χ0v) is 12.5. The molecule has 100 valence electrons. The van der Waals surface area contributed by atoms with E-state index in [2.05, 4.69) is 15.9 Å². The van der Waals surface area contributed by atoms with Gasteiger partial charge in [0, 0.05) is 14.9 Å². The van der Waals surface area contributed by atoms with Crippen molar-refractivity contribution in [3.63, 3.8) is 0 Å². The van der Waals surface area contributed by atoms with Gasteiger partial charge in [-0.15, -0.1) is 0 Å². The molecule has 4 nitrogen and oxygen atoms in total. The lowest BCUT2D eigenvalue weighted by Gasteiger charge is -2.00. The number of carbonyl (C=O) groups is 1. The fourth-order valence-corrected chi connectivity index (χ4v) is 3.26. The Balaban J connectivity index is 2.20. The van der Waals surface area contributed by atoms with Gasteiger partial charge in [0.05, 0.1) is 16.6 Å².